The molecule has 0 radical (unpaired) electrons. The summed E-state index contributed by atoms with van der Waals surface area (Å²) in [5.41, 5.74) is 3.41. The Morgan fingerprint density at radius 1 is 1.23 bits per heavy atom. The Labute approximate surface area is 177 Å². The first-order valence-corrected chi connectivity index (χ1v) is 10.4. The molecular formula is C25H27N3O2. The fourth-order valence-corrected chi connectivity index (χ4v) is 4.42. The van der Waals surface area contributed by atoms with Gasteiger partial charge in [0.25, 0.3) is 5.91 Å². The zero-order chi connectivity index (χ0) is 21.3. The van der Waals surface area contributed by atoms with Crippen LogP contribution in [0.1, 0.15) is 48.7 Å². The topological polar surface area (TPSA) is 58.3 Å². The minimum atomic E-state index is -0.124. The summed E-state index contributed by atoms with van der Waals surface area (Å²) < 4.78 is 7.68. The molecule has 1 aliphatic heterocycles. The third-order valence-electron chi connectivity index (χ3n) is 5.99. The highest BCUT2D eigenvalue weighted by Gasteiger charge is 2.30. The molecule has 1 amide bonds. The number of rotatable bonds is 4. The average molecular weight is 402 g/mol. The smallest absolute Gasteiger partial charge is 0.274 e. The minimum Gasteiger partial charge on any atom is -0.376 e. The molecule has 5 heteroatoms. The van der Waals surface area contributed by atoms with E-state index in [-0.39, 0.29) is 18.1 Å². The van der Waals surface area contributed by atoms with Gasteiger partial charge in [-0.1, -0.05) is 24.3 Å². The molecule has 0 bridgehead atoms. The molecule has 0 N–H and O–H groups in total. The van der Waals surface area contributed by atoms with E-state index in [1.165, 1.54) is 5.56 Å². The number of hydrogen-bond donors (Lipinski definition) is 0. The van der Waals surface area contributed by atoms with Crippen molar-refractivity contribution in [1.82, 2.24) is 4.57 Å². The van der Waals surface area contributed by atoms with E-state index in [9.17, 15) is 10.1 Å². The third-order valence-corrected chi connectivity index (χ3v) is 5.99. The molecule has 154 valence electrons. The molecule has 1 fully saturated rings. The van der Waals surface area contributed by atoms with E-state index in [1.54, 1.807) is 11.9 Å². The summed E-state index contributed by atoms with van der Waals surface area (Å²) in [6.45, 7) is 5.17. The molecule has 0 unspecified atom stereocenters. The Morgan fingerprint density at radius 2 is 2.00 bits per heavy atom. The van der Waals surface area contributed by atoms with Gasteiger partial charge in [0.15, 0.2) is 0 Å². The van der Waals surface area contributed by atoms with Crippen molar-refractivity contribution < 1.29 is 9.53 Å². The van der Waals surface area contributed by atoms with Crippen LogP contribution in [0.4, 0.5) is 5.69 Å². The zero-order valence-corrected chi connectivity index (χ0v) is 17.8. The van der Waals surface area contributed by atoms with Crippen LogP contribution < -0.4 is 4.90 Å². The maximum atomic E-state index is 13.3. The van der Waals surface area contributed by atoms with Gasteiger partial charge in [-0.05, 0) is 68.5 Å². The molecule has 0 aliphatic carbocycles. The number of benzene rings is 2. The van der Waals surface area contributed by atoms with Crippen LogP contribution in [0.3, 0.4) is 0 Å². The lowest BCUT2D eigenvalue weighted by molar-refractivity contribution is -0.0592. The minimum absolute atomic E-state index is 0.121. The number of para-hydroxylation sites is 1. The van der Waals surface area contributed by atoms with Crippen molar-refractivity contribution >= 4 is 22.5 Å². The fraction of sp³-hybridized carbons (Fsp3) is 0.360. The summed E-state index contributed by atoms with van der Waals surface area (Å²) in [7, 11) is 1.77. The molecule has 2 aromatic carbocycles. The molecule has 1 aliphatic rings. The van der Waals surface area contributed by atoms with Crippen LogP contribution in [0.5, 0.6) is 0 Å². The summed E-state index contributed by atoms with van der Waals surface area (Å²) in [6.07, 6.45) is 1.97. The van der Waals surface area contributed by atoms with Gasteiger partial charge in [0.05, 0.1) is 11.7 Å². The molecule has 3 aromatic rings. The first kappa shape index (κ1) is 20.2. The summed E-state index contributed by atoms with van der Waals surface area (Å²) in [5, 5.41) is 10.4. The monoisotopic (exact) mass is 401 g/mol. The quantitative estimate of drug-likeness (QED) is 0.610. The summed E-state index contributed by atoms with van der Waals surface area (Å²) in [6, 6.07) is 20.0. The number of ether oxygens (including phenoxy) is 1. The van der Waals surface area contributed by atoms with Crippen molar-refractivity contribution in [3.05, 3.63) is 65.9 Å². The van der Waals surface area contributed by atoms with Gasteiger partial charge in [-0.15, -0.1) is 0 Å². The number of carbonyl (C=O) groups excluding carboxylic acids is 1. The second-order valence-electron chi connectivity index (χ2n) is 8.59. The molecule has 1 atom stereocenters. The predicted octanol–water partition coefficient (Wildman–Crippen LogP) is 5.11. The maximum Gasteiger partial charge on any atom is 0.274 e. The number of fused-ring (bicyclic) bond motifs is 1. The van der Waals surface area contributed by atoms with Crippen molar-refractivity contribution in [2.24, 2.45) is 0 Å². The van der Waals surface area contributed by atoms with Crippen molar-refractivity contribution in [1.29, 1.82) is 5.26 Å². The van der Waals surface area contributed by atoms with Gasteiger partial charge in [0, 0.05) is 30.2 Å². The first-order valence-electron chi connectivity index (χ1n) is 10.4. The Balaban J connectivity index is 1.72. The second-order valence-corrected chi connectivity index (χ2v) is 8.59. The van der Waals surface area contributed by atoms with Crippen LogP contribution in [0.15, 0.2) is 54.6 Å². The maximum absolute atomic E-state index is 13.3. The lowest BCUT2D eigenvalue weighted by Gasteiger charge is -2.35. The number of nitriles is 1. The third kappa shape index (κ3) is 3.83. The summed E-state index contributed by atoms with van der Waals surface area (Å²) in [4.78, 5) is 14.9. The standard InChI is InChI=1S/C25H27N3O2/c1-25(2)17-19(11-14-30-25)18-9-10-22-20(15-18)16-23(28(22)13-12-26)24(29)27(3)21-7-5-4-6-8-21/h4-10,15-16,19H,11,13-14,17H2,1-3H3/t19-/m0/s1. The molecule has 1 aromatic heterocycles. The van der Waals surface area contributed by atoms with Gasteiger partial charge in [0.1, 0.15) is 12.2 Å². The van der Waals surface area contributed by atoms with Gasteiger partial charge >= 0.3 is 0 Å². The lowest BCUT2D eigenvalue weighted by Crippen LogP contribution is -2.32. The largest absolute Gasteiger partial charge is 0.376 e. The SMILES string of the molecule is CN(C(=O)c1cc2cc([C@H]3CCOC(C)(C)C3)ccc2n1CC#N)c1ccccc1. The highest BCUT2D eigenvalue weighted by molar-refractivity contribution is 6.07. The number of amides is 1. The van der Waals surface area contributed by atoms with Crippen LogP contribution in [-0.2, 0) is 11.3 Å². The van der Waals surface area contributed by atoms with E-state index in [1.807, 2.05) is 47.0 Å². The Morgan fingerprint density at radius 3 is 2.70 bits per heavy atom. The van der Waals surface area contributed by atoms with Crippen LogP contribution in [0, 0.1) is 11.3 Å². The fourth-order valence-electron chi connectivity index (χ4n) is 4.42. The highest BCUT2D eigenvalue weighted by atomic mass is 16.5. The van der Waals surface area contributed by atoms with Crippen LogP contribution in [0.2, 0.25) is 0 Å². The first-order chi connectivity index (χ1) is 14.4. The number of hydrogen-bond acceptors (Lipinski definition) is 3. The van der Waals surface area contributed by atoms with Crippen LogP contribution in [-0.4, -0.2) is 29.7 Å². The van der Waals surface area contributed by atoms with Crippen LogP contribution >= 0.6 is 0 Å². The Bertz CT molecular complexity index is 1110. The van der Waals surface area contributed by atoms with E-state index in [0.717, 1.165) is 36.0 Å². The van der Waals surface area contributed by atoms with Crippen molar-refractivity contribution in [3.8, 4) is 6.07 Å². The lowest BCUT2D eigenvalue weighted by atomic mass is 9.83. The van der Waals surface area contributed by atoms with E-state index >= 15 is 0 Å². The summed E-state index contributed by atoms with van der Waals surface area (Å²) in [5.74, 6) is 0.310. The molecule has 5 nitrogen and oxygen atoms in total. The average Bonchev–Trinajstić information content (AvgIpc) is 3.10. The van der Waals surface area contributed by atoms with E-state index in [4.69, 9.17) is 4.74 Å². The second kappa shape index (κ2) is 7.97. The Hall–Kier alpha value is -3.10. The molecule has 1 saturated heterocycles. The highest BCUT2D eigenvalue weighted by Crippen LogP contribution is 2.37. The van der Waals surface area contributed by atoms with Crippen molar-refractivity contribution in [2.75, 3.05) is 18.6 Å². The molecule has 2 heterocycles. The van der Waals surface area contributed by atoms with Gasteiger partial charge in [-0.25, -0.2) is 0 Å². The summed E-state index contributed by atoms with van der Waals surface area (Å²) >= 11 is 0. The normalized spacial score (nSPS) is 18.1. The predicted molar refractivity (Wildman–Crippen MR) is 119 cm³/mol. The van der Waals surface area contributed by atoms with Gasteiger partial charge in [0.2, 0.25) is 0 Å². The molecule has 4 rings (SSSR count). The zero-order valence-electron chi connectivity index (χ0n) is 17.8. The van der Waals surface area contributed by atoms with Crippen LogP contribution in [0.25, 0.3) is 10.9 Å². The number of aromatic nitrogens is 1. The molecule has 0 spiro atoms. The van der Waals surface area contributed by atoms with Crippen molar-refractivity contribution in [3.63, 3.8) is 0 Å². The van der Waals surface area contributed by atoms with Gasteiger partial charge in [-0.2, -0.15) is 5.26 Å². The van der Waals surface area contributed by atoms with Gasteiger partial charge in [-0.3, -0.25) is 4.79 Å². The van der Waals surface area contributed by atoms with E-state index < -0.39 is 0 Å². The van der Waals surface area contributed by atoms with E-state index in [2.05, 4.69) is 32.0 Å². The number of anilines is 1. The number of carbonyl (C=O) groups is 1. The number of nitrogens with zero attached hydrogens (tertiary/aromatic N) is 3. The van der Waals surface area contributed by atoms with Gasteiger partial charge < -0.3 is 14.2 Å². The molecule has 0 saturated carbocycles. The van der Waals surface area contributed by atoms with E-state index in [0.29, 0.717) is 11.6 Å². The van der Waals surface area contributed by atoms with Crippen molar-refractivity contribution in [2.45, 2.75) is 44.8 Å². The molecular weight excluding hydrogens is 374 g/mol. The molecule has 30 heavy (non-hydrogen) atoms. The Kier molecular flexibility index (Phi) is 5.36.